The molecule has 0 saturated heterocycles. The first kappa shape index (κ1) is 15.4. The van der Waals surface area contributed by atoms with Crippen molar-refractivity contribution < 1.29 is 4.79 Å². The van der Waals surface area contributed by atoms with Gasteiger partial charge in [0.05, 0.1) is 18.4 Å². The summed E-state index contributed by atoms with van der Waals surface area (Å²) in [7, 11) is 1.76. The number of thiophene rings is 1. The average molecular weight is 304 g/mol. The Kier molecular flexibility index (Phi) is 4.90. The molecule has 5 nitrogen and oxygen atoms in total. The lowest BCUT2D eigenvalue weighted by molar-refractivity contribution is 0.0946. The molecule has 0 aromatic carbocycles. The Labute approximate surface area is 128 Å². The van der Waals surface area contributed by atoms with E-state index in [1.54, 1.807) is 24.6 Å². The molecule has 2 rings (SSSR count). The number of aryl methyl sites for hydroxylation is 1. The van der Waals surface area contributed by atoms with E-state index in [1.807, 2.05) is 26.0 Å². The van der Waals surface area contributed by atoms with Crippen molar-refractivity contribution in [1.82, 2.24) is 15.3 Å². The predicted molar refractivity (Wildman–Crippen MR) is 85.9 cm³/mol. The van der Waals surface area contributed by atoms with E-state index in [1.165, 1.54) is 4.88 Å². The standard InChI is InChI=1S/C15H20N4OS/c1-9(2)14-17-8-12(16-4)13(19-14)15(20)18-7-11-6-5-10(3)21-11/h5-6,8-9,16H,7H2,1-4H3,(H,18,20). The zero-order valence-electron chi connectivity index (χ0n) is 12.7. The summed E-state index contributed by atoms with van der Waals surface area (Å²) in [5.74, 6) is 0.670. The molecule has 21 heavy (non-hydrogen) atoms. The van der Waals surface area contributed by atoms with Crippen molar-refractivity contribution in [2.45, 2.75) is 33.2 Å². The minimum atomic E-state index is -0.185. The highest BCUT2D eigenvalue weighted by molar-refractivity contribution is 7.11. The first-order chi connectivity index (χ1) is 10.0. The van der Waals surface area contributed by atoms with Crippen LogP contribution in [0.15, 0.2) is 18.3 Å². The monoisotopic (exact) mass is 304 g/mol. The molecule has 0 atom stereocenters. The fourth-order valence-electron chi connectivity index (χ4n) is 1.86. The van der Waals surface area contributed by atoms with Crippen LogP contribution < -0.4 is 10.6 Å². The second-order valence-electron chi connectivity index (χ2n) is 5.09. The molecule has 0 bridgehead atoms. The summed E-state index contributed by atoms with van der Waals surface area (Å²) < 4.78 is 0. The highest BCUT2D eigenvalue weighted by Gasteiger charge is 2.15. The van der Waals surface area contributed by atoms with E-state index >= 15 is 0 Å². The SMILES string of the molecule is CNc1cnc(C(C)C)nc1C(=O)NCc1ccc(C)s1. The van der Waals surface area contributed by atoms with Crippen LogP contribution in [0.2, 0.25) is 0 Å². The van der Waals surface area contributed by atoms with Crippen LogP contribution >= 0.6 is 11.3 Å². The van der Waals surface area contributed by atoms with E-state index in [0.29, 0.717) is 23.8 Å². The second-order valence-corrected chi connectivity index (χ2v) is 6.46. The molecule has 0 unspecified atom stereocenters. The van der Waals surface area contributed by atoms with Gasteiger partial charge in [0.25, 0.3) is 5.91 Å². The van der Waals surface area contributed by atoms with Gasteiger partial charge in [-0.3, -0.25) is 4.79 Å². The highest BCUT2D eigenvalue weighted by Crippen LogP contribution is 2.17. The highest BCUT2D eigenvalue weighted by atomic mass is 32.1. The van der Waals surface area contributed by atoms with E-state index in [2.05, 4.69) is 27.5 Å². The average Bonchev–Trinajstić information content (AvgIpc) is 2.89. The molecule has 2 heterocycles. The van der Waals surface area contributed by atoms with Crippen molar-refractivity contribution >= 4 is 22.9 Å². The van der Waals surface area contributed by atoms with Crippen LogP contribution in [0, 0.1) is 6.92 Å². The molecule has 0 aliphatic heterocycles. The zero-order chi connectivity index (χ0) is 15.4. The molecule has 6 heteroatoms. The number of nitrogens with zero attached hydrogens (tertiary/aromatic N) is 2. The number of hydrogen-bond donors (Lipinski definition) is 2. The predicted octanol–water partition coefficient (Wildman–Crippen LogP) is 2.94. The Bertz CT molecular complexity index is 636. The van der Waals surface area contributed by atoms with Crippen LogP contribution in [0.3, 0.4) is 0 Å². The molecule has 2 aromatic heterocycles. The number of rotatable bonds is 5. The Morgan fingerprint density at radius 1 is 1.38 bits per heavy atom. The van der Waals surface area contributed by atoms with Gasteiger partial charge in [0.2, 0.25) is 0 Å². The van der Waals surface area contributed by atoms with E-state index in [4.69, 9.17) is 0 Å². The summed E-state index contributed by atoms with van der Waals surface area (Å²) >= 11 is 1.68. The third-order valence-electron chi connectivity index (χ3n) is 3.03. The zero-order valence-corrected chi connectivity index (χ0v) is 13.5. The summed E-state index contributed by atoms with van der Waals surface area (Å²) in [5.41, 5.74) is 1.03. The topological polar surface area (TPSA) is 66.9 Å². The van der Waals surface area contributed by atoms with Crippen LogP contribution in [0.4, 0.5) is 5.69 Å². The Hall–Kier alpha value is -1.95. The van der Waals surface area contributed by atoms with Crippen molar-refractivity contribution in [1.29, 1.82) is 0 Å². The Balaban J connectivity index is 2.15. The van der Waals surface area contributed by atoms with Crippen LogP contribution in [0.25, 0.3) is 0 Å². The summed E-state index contributed by atoms with van der Waals surface area (Å²) in [6.07, 6.45) is 1.66. The van der Waals surface area contributed by atoms with E-state index in [-0.39, 0.29) is 11.8 Å². The quantitative estimate of drug-likeness (QED) is 0.891. The number of amides is 1. The van der Waals surface area contributed by atoms with Gasteiger partial charge < -0.3 is 10.6 Å². The molecule has 0 radical (unpaired) electrons. The lowest BCUT2D eigenvalue weighted by Crippen LogP contribution is -2.25. The van der Waals surface area contributed by atoms with Crippen molar-refractivity contribution in [3.05, 3.63) is 39.6 Å². The number of carbonyl (C=O) groups is 1. The molecule has 0 saturated carbocycles. The van der Waals surface area contributed by atoms with Gasteiger partial charge in [-0.25, -0.2) is 9.97 Å². The fraction of sp³-hybridized carbons (Fsp3) is 0.400. The van der Waals surface area contributed by atoms with Gasteiger partial charge in [-0.15, -0.1) is 11.3 Å². The van der Waals surface area contributed by atoms with Crippen LogP contribution in [-0.2, 0) is 6.54 Å². The lowest BCUT2D eigenvalue weighted by Gasteiger charge is -2.11. The van der Waals surface area contributed by atoms with Crippen molar-refractivity contribution in [3.63, 3.8) is 0 Å². The van der Waals surface area contributed by atoms with Gasteiger partial charge in [0, 0.05) is 22.7 Å². The molecule has 112 valence electrons. The van der Waals surface area contributed by atoms with Gasteiger partial charge in [-0.1, -0.05) is 13.8 Å². The summed E-state index contributed by atoms with van der Waals surface area (Å²) in [5, 5.41) is 5.87. The molecular formula is C15H20N4OS. The Morgan fingerprint density at radius 3 is 2.71 bits per heavy atom. The van der Waals surface area contributed by atoms with Crippen molar-refractivity contribution in [2.75, 3.05) is 12.4 Å². The largest absolute Gasteiger partial charge is 0.385 e. The lowest BCUT2D eigenvalue weighted by atomic mass is 10.2. The summed E-state index contributed by atoms with van der Waals surface area (Å²) in [4.78, 5) is 23.3. The van der Waals surface area contributed by atoms with E-state index in [0.717, 1.165) is 4.88 Å². The van der Waals surface area contributed by atoms with Crippen molar-refractivity contribution in [3.8, 4) is 0 Å². The number of anilines is 1. The molecule has 1 amide bonds. The second kappa shape index (κ2) is 6.67. The van der Waals surface area contributed by atoms with Crippen LogP contribution in [0.5, 0.6) is 0 Å². The van der Waals surface area contributed by atoms with Crippen LogP contribution in [0.1, 0.15) is 45.8 Å². The third-order valence-corrected chi connectivity index (χ3v) is 4.03. The molecule has 0 aliphatic rings. The van der Waals surface area contributed by atoms with Gasteiger partial charge in [0.1, 0.15) is 5.82 Å². The van der Waals surface area contributed by atoms with Crippen LogP contribution in [-0.4, -0.2) is 22.9 Å². The maximum absolute atomic E-state index is 12.3. The fourth-order valence-corrected chi connectivity index (χ4v) is 2.69. The maximum Gasteiger partial charge on any atom is 0.272 e. The van der Waals surface area contributed by atoms with Gasteiger partial charge >= 0.3 is 0 Å². The minimum Gasteiger partial charge on any atom is -0.385 e. The van der Waals surface area contributed by atoms with Gasteiger partial charge in [-0.2, -0.15) is 0 Å². The molecule has 0 fully saturated rings. The number of nitrogens with one attached hydrogen (secondary N) is 2. The van der Waals surface area contributed by atoms with Gasteiger partial charge in [0.15, 0.2) is 5.69 Å². The van der Waals surface area contributed by atoms with Gasteiger partial charge in [-0.05, 0) is 19.1 Å². The first-order valence-corrected chi connectivity index (χ1v) is 7.71. The number of carbonyl (C=O) groups excluding carboxylic acids is 1. The number of aromatic nitrogens is 2. The molecule has 2 N–H and O–H groups in total. The maximum atomic E-state index is 12.3. The summed E-state index contributed by atoms with van der Waals surface area (Å²) in [6.45, 7) is 6.57. The minimum absolute atomic E-state index is 0.183. The Morgan fingerprint density at radius 2 is 2.14 bits per heavy atom. The third kappa shape index (κ3) is 3.78. The first-order valence-electron chi connectivity index (χ1n) is 6.89. The number of hydrogen-bond acceptors (Lipinski definition) is 5. The van der Waals surface area contributed by atoms with E-state index < -0.39 is 0 Å². The molecule has 0 spiro atoms. The molecule has 2 aromatic rings. The smallest absolute Gasteiger partial charge is 0.272 e. The van der Waals surface area contributed by atoms with E-state index in [9.17, 15) is 4.79 Å². The summed E-state index contributed by atoms with van der Waals surface area (Å²) in [6, 6.07) is 4.07. The van der Waals surface area contributed by atoms with Crippen molar-refractivity contribution in [2.24, 2.45) is 0 Å². The molecule has 0 aliphatic carbocycles. The molecular weight excluding hydrogens is 284 g/mol. The normalized spacial score (nSPS) is 10.7.